The van der Waals surface area contributed by atoms with E-state index in [-0.39, 0.29) is 0 Å². The average molecular weight is 426 g/mol. The van der Waals surface area contributed by atoms with Crippen molar-refractivity contribution < 1.29 is 0 Å². The molecule has 0 atom stereocenters. The van der Waals surface area contributed by atoms with Crippen LogP contribution in [0, 0.1) is 0 Å². The molecule has 0 amide bonds. The maximum absolute atomic E-state index is 6.25. The van der Waals surface area contributed by atoms with Crippen molar-refractivity contribution in [2.24, 2.45) is 0 Å². The van der Waals surface area contributed by atoms with Gasteiger partial charge in [-0.05, 0) is 47.5 Å². The van der Waals surface area contributed by atoms with E-state index in [1.165, 1.54) is 11.3 Å². The van der Waals surface area contributed by atoms with Crippen molar-refractivity contribution in [3.63, 3.8) is 0 Å². The Balaban J connectivity index is 1.28. The van der Waals surface area contributed by atoms with Crippen LogP contribution >= 0.6 is 23.2 Å². The van der Waals surface area contributed by atoms with E-state index in [1.807, 2.05) is 12.1 Å². The number of hydrogen-bond acceptors (Lipinski definition) is 3. The molecule has 29 heavy (non-hydrogen) atoms. The Morgan fingerprint density at radius 2 is 1.52 bits per heavy atom. The van der Waals surface area contributed by atoms with E-state index in [4.69, 9.17) is 23.2 Å². The van der Waals surface area contributed by atoms with Crippen LogP contribution in [0.3, 0.4) is 0 Å². The Hall–Kier alpha value is -2.20. The lowest BCUT2D eigenvalue weighted by Crippen LogP contribution is -2.45. The van der Waals surface area contributed by atoms with Crippen LogP contribution in [-0.4, -0.2) is 31.1 Å². The standard InChI is InChI=1S/C24H25Cl2N3/c25-21-7-6-20(24(26)16-21)17-27-22-8-10-23(11-9-22)29-14-12-28(13-15-29)18-19-4-2-1-3-5-19/h1-11,16,27H,12-15,17-18H2. The molecule has 1 N–H and O–H groups in total. The predicted octanol–water partition coefficient (Wildman–Crippen LogP) is 5.93. The molecule has 0 aliphatic carbocycles. The second-order valence-electron chi connectivity index (χ2n) is 7.38. The number of piperazine rings is 1. The van der Waals surface area contributed by atoms with Crippen molar-refractivity contribution in [3.8, 4) is 0 Å². The van der Waals surface area contributed by atoms with Gasteiger partial charge in [0.15, 0.2) is 0 Å². The minimum atomic E-state index is 0.659. The van der Waals surface area contributed by atoms with Crippen LogP contribution in [0.1, 0.15) is 11.1 Å². The lowest BCUT2D eigenvalue weighted by molar-refractivity contribution is 0.250. The van der Waals surface area contributed by atoms with Gasteiger partial charge in [-0.25, -0.2) is 0 Å². The third-order valence-electron chi connectivity index (χ3n) is 5.35. The molecule has 1 aliphatic heterocycles. The highest BCUT2D eigenvalue weighted by atomic mass is 35.5. The lowest BCUT2D eigenvalue weighted by Gasteiger charge is -2.36. The Labute approximate surface area is 182 Å². The molecule has 1 fully saturated rings. The van der Waals surface area contributed by atoms with Gasteiger partial charge in [0.05, 0.1) is 0 Å². The second-order valence-corrected chi connectivity index (χ2v) is 8.23. The second kappa shape index (κ2) is 9.53. The summed E-state index contributed by atoms with van der Waals surface area (Å²) in [5.41, 5.74) is 4.79. The van der Waals surface area contributed by atoms with E-state index in [9.17, 15) is 0 Å². The van der Waals surface area contributed by atoms with Gasteiger partial charge in [-0.1, -0.05) is 59.6 Å². The maximum Gasteiger partial charge on any atom is 0.0470 e. The fourth-order valence-electron chi connectivity index (χ4n) is 3.66. The first-order valence-corrected chi connectivity index (χ1v) is 10.7. The highest BCUT2D eigenvalue weighted by Gasteiger charge is 2.17. The molecule has 1 saturated heterocycles. The molecule has 0 aromatic heterocycles. The first-order valence-electron chi connectivity index (χ1n) is 9.96. The van der Waals surface area contributed by atoms with Crippen molar-refractivity contribution in [1.82, 2.24) is 4.90 Å². The molecule has 1 heterocycles. The first-order chi connectivity index (χ1) is 14.2. The third-order valence-corrected chi connectivity index (χ3v) is 5.94. The van der Waals surface area contributed by atoms with Crippen LogP contribution in [0.25, 0.3) is 0 Å². The van der Waals surface area contributed by atoms with Crippen molar-refractivity contribution in [2.75, 3.05) is 36.4 Å². The zero-order valence-electron chi connectivity index (χ0n) is 16.3. The molecule has 5 heteroatoms. The van der Waals surface area contributed by atoms with Crippen LogP contribution in [0.4, 0.5) is 11.4 Å². The largest absolute Gasteiger partial charge is 0.381 e. The zero-order chi connectivity index (χ0) is 20.1. The van der Waals surface area contributed by atoms with E-state index >= 15 is 0 Å². The van der Waals surface area contributed by atoms with Gasteiger partial charge in [-0.3, -0.25) is 4.90 Å². The fraction of sp³-hybridized carbons (Fsp3) is 0.250. The molecule has 3 nitrogen and oxygen atoms in total. The topological polar surface area (TPSA) is 18.5 Å². The average Bonchev–Trinajstić information content (AvgIpc) is 2.75. The molecule has 0 bridgehead atoms. The van der Waals surface area contributed by atoms with Gasteiger partial charge in [-0.15, -0.1) is 0 Å². The SMILES string of the molecule is Clc1ccc(CNc2ccc(N3CCN(Cc4ccccc4)CC3)cc2)c(Cl)c1. The minimum absolute atomic E-state index is 0.659. The van der Waals surface area contributed by atoms with Crippen molar-refractivity contribution in [3.05, 3.63) is 94.0 Å². The Morgan fingerprint density at radius 1 is 0.793 bits per heavy atom. The van der Waals surface area contributed by atoms with Crippen LogP contribution in [0.2, 0.25) is 10.0 Å². The summed E-state index contributed by atoms with van der Waals surface area (Å²) in [7, 11) is 0. The highest BCUT2D eigenvalue weighted by Crippen LogP contribution is 2.24. The van der Waals surface area contributed by atoms with Crippen molar-refractivity contribution in [2.45, 2.75) is 13.1 Å². The smallest absolute Gasteiger partial charge is 0.0470 e. The molecule has 1 aliphatic rings. The monoisotopic (exact) mass is 425 g/mol. The number of hydrogen-bond donors (Lipinski definition) is 1. The highest BCUT2D eigenvalue weighted by molar-refractivity contribution is 6.35. The Kier molecular flexibility index (Phi) is 6.60. The van der Waals surface area contributed by atoms with E-state index in [2.05, 4.69) is 69.7 Å². The van der Waals surface area contributed by atoms with Gasteiger partial charge in [-0.2, -0.15) is 0 Å². The molecule has 3 aromatic carbocycles. The Bertz CT molecular complexity index is 921. The van der Waals surface area contributed by atoms with Gasteiger partial charge in [0.1, 0.15) is 0 Å². The summed E-state index contributed by atoms with van der Waals surface area (Å²) < 4.78 is 0. The maximum atomic E-state index is 6.25. The fourth-order valence-corrected chi connectivity index (χ4v) is 4.13. The molecule has 4 rings (SSSR count). The molecule has 0 saturated carbocycles. The summed E-state index contributed by atoms with van der Waals surface area (Å²) in [6, 6.07) is 25.0. The number of nitrogens with zero attached hydrogens (tertiary/aromatic N) is 2. The minimum Gasteiger partial charge on any atom is -0.381 e. The number of rotatable bonds is 6. The molecule has 0 unspecified atom stereocenters. The molecule has 150 valence electrons. The normalized spacial score (nSPS) is 14.8. The number of halogens is 2. The van der Waals surface area contributed by atoms with E-state index in [0.29, 0.717) is 16.6 Å². The first kappa shape index (κ1) is 20.1. The van der Waals surface area contributed by atoms with Crippen LogP contribution < -0.4 is 10.2 Å². The summed E-state index contributed by atoms with van der Waals surface area (Å²) in [4.78, 5) is 4.99. The van der Waals surface area contributed by atoms with E-state index < -0.39 is 0 Å². The molecular weight excluding hydrogens is 401 g/mol. The summed E-state index contributed by atoms with van der Waals surface area (Å²) in [6.07, 6.45) is 0. The molecule has 3 aromatic rings. The molecular formula is C24H25Cl2N3. The number of anilines is 2. The quantitative estimate of drug-likeness (QED) is 0.527. The summed E-state index contributed by atoms with van der Waals surface area (Å²) in [6.45, 7) is 5.99. The van der Waals surface area contributed by atoms with E-state index in [0.717, 1.165) is 44.0 Å². The van der Waals surface area contributed by atoms with Gasteiger partial charge in [0.25, 0.3) is 0 Å². The summed E-state index contributed by atoms with van der Waals surface area (Å²) in [5.74, 6) is 0. The van der Waals surface area contributed by atoms with Crippen LogP contribution in [0.5, 0.6) is 0 Å². The molecule has 0 spiro atoms. The summed E-state index contributed by atoms with van der Waals surface area (Å²) in [5, 5.41) is 4.78. The Morgan fingerprint density at radius 3 is 2.21 bits per heavy atom. The third kappa shape index (κ3) is 5.45. The van der Waals surface area contributed by atoms with Gasteiger partial charge in [0, 0.05) is 60.7 Å². The molecule has 0 radical (unpaired) electrons. The van der Waals surface area contributed by atoms with Crippen molar-refractivity contribution >= 4 is 34.6 Å². The zero-order valence-corrected chi connectivity index (χ0v) is 17.8. The number of benzene rings is 3. The predicted molar refractivity (Wildman–Crippen MR) is 124 cm³/mol. The van der Waals surface area contributed by atoms with E-state index in [1.54, 1.807) is 6.07 Å². The van der Waals surface area contributed by atoms with Gasteiger partial charge in [0.2, 0.25) is 0 Å². The number of nitrogens with one attached hydrogen (secondary N) is 1. The van der Waals surface area contributed by atoms with Gasteiger partial charge < -0.3 is 10.2 Å². The van der Waals surface area contributed by atoms with Crippen LogP contribution in [0.15, 0.2) is 72.8 Å². The summed E-state index contributed by atoms with van der Waals surface area (Å²) >= 11 is 12.2. The van der Waals surface area contributed by atoms with Gasteiger partial charge >= 0.3 is 0 Å². The lowest BCUT2D eigenvalue weighted by atomic mass is 10.2. The van der Waals surface area contributed by atoms with Crippen LogP contribution in [-0.2, 0) is 13.1 Å². The van der Waals surface area contributed by atoms with Crippen molar-refractivity contribution in [1.29, 1.82) is 0 Å².